The third-order valence-electron chi connectivity index (χ3n) is 2.86. The first-order valence-corrected chi connectivity index (χ1v) is 6.38. The molecular weight excluding hydrogens is 282 g/mol. The molecule has 0 radical (unpaired) electrons. The van der Waals surface area contributed by atoms with Gasteiger partial charge in [-0.15, -0.1) is 0 Å². The highest BCUT2D eigenvalue weighted by molar-refractivity contribution is 5.60. The summed E-state index contributed by atoms with van der Waals surface area (Å²) < 4.78 is 25.7. The zero-order valence-corrected chi connectivity index (χ0v) is 11.9. The number of nitro benzene ring substituents is 1. The topological polar surface area (TPSA) is 92.6 Å². The van der Waals surface area contributed by atoms with E-state index >= 15 is 0 Å². The van der Waals surface area contributed by atoms with Crippen molar-refractivity contribution in [3.63, 3.8) is 0 Å². The van der Waals surface area contributed by atoms with Gasteiger partial charge in [0.25, 0.3) is 0 Å². The number of rotatable bonds is 9. The summed E-state index contributed by atoms with van der Waals surface area (Å²) in [6, 6.07) is 2.85. The van der Waals surface area contributed by atoms with Crippen LogP contribution < -0.4 is 14.2 Å². The summed E-state index contributed by atoms with van der Waals surface area (Å²) in [7, 11) is 2.83. The van der Waals surface area contributed by atoms with Gasteiger partial charge in [0, 0.05) is 19.6 Å². The molecule has 2 rings (SSSR count). The summed E-state index contributed by atoms with van der Waals surface area (Å²) in [6.45, 7) is 1.05. The van der Waals surface area contributed by atoms with E-state index in [2.05, 4.69) is 0 Å². The Morgan fingerprint density at radius 2 is 2.14 bits per heavy atom. The molecule has 1 aromatic carbocycles. The SMILES string of the molecule is COCOc1c(OC)cc(OCCC2CO2)cc1[N+](=O)[O-]. The Morgan fingerprint density at radius 1 is 1.38 bits per heavy atom. The first kappa shape index (κ1) is 15.3. The predicted octanol–water partition coefficient (Wildman–Crippen LogP) is 1.75. The molecule has 0 bridgehead atoms. The summed E-state index contributed by atoms with van der Waals surface area (Å²) in [5.41, 5.74) is -0.232. The third kappa shape index (κ3) is 4.20. The van der Waals surface area contributed by atoms with Crippen molar-refractivity contribution in [1.29, 1.82) is 0 Å². The van der Waals surface area contributed by atoms with Crippen LogP contribution in [0.2, 0.25) is 0 Å². The maximum Gasteiger partial charge on any atom is 0.318 e. The highest BCUT2D eigenvalue weighted by atomic mass is 16.7. The monoisotopic (exact) mass is 299 g/mol. The van der Waals surface area contributed by atoms with Gasteiger partial charge in [-0.3, -0.25) is 10.1 Å². The van der Waals surface area contributed by atoms with Crippen LogP contribution in [0.3, 0.4) is 0 Å². The van der Waals surface area contributed by atoms with Crippen LogP contribution in [0.1, 0.15) is 6.42 Å². The normalized spacial score (nSPS) is 16.4. The lowest BCUT2D eigenvalue weighted by atomic mass is 10.2. The second-order valence-corrected chi connectivity index (χ2v) is 4.37. The fourth-order valence-electron chi connectivity index (χ4n) is 1.74. The summed E-state index contributed by atoms with van der Waals surface area (Å²) in [6.07, 6.45) is 0.990. The van der Waals surface area contributed by atoms with Crippen molar-refractivity contribution in [2.24, 2.45) is 0 Å². The van der Waals surface area contributed by atoms with Crippen LogP contribution in [-0.2, 0) is 9.47 Å². The first-order chi connectivity index (χ1) is 10.2. The Morgan fingerprint density at radius 3 is 2.71 bits per heavy atom. The molecule has 1 aliphatic rings. The number of nitro groups is 1. The predicted molar refractivity (Wildman–Crippen MR) is 72.0 cm³/mol. The molecule has 0 spiro atoms. The van der Waals surface area contributed by atoms with Crippen LogP contribution in [0.4, 0.5) is 5.69 Å². The van der Waals surface area contributed by atoms with Crippen LogP contribution in [0, 0.1) is 10.1 Å². The maximum atomic E-state index is 11.2. The zero-order chi connectivity index (χ0) is 15.2. The van der Waals surface area contributed by atoms with E-state index in [-0.39, 0.29) is 30.1 Å². The van der Waals surface area contributed by atoms with Gasteiger partial charge in [0.2, 0.25) is 5.75 Å². The van der Waals surface area contributed by atoms with E-state index in [0.29, 0.717) is 12.4 Å². The molecule has 0 N–H and O–H groups in total. The van der Waals surface area contributed by atoms with Crippen LogP contribution in [-0.4, -0.2) is 45.3 Å². The zero-order valence-electron chi connectivity index (χ0n) is 11.9. The highest BCUT2D eigenvalue weighted by Gasteiger charge is 2.24. The molecule has 1 fully saturated rings. The van der Waals surface area contributed by atoms with Crippen molar-refractivity contribution in [2.75, 3.05) is 34.2 Å². The van der Waals surface area contributed by atoms with Gasteiger partial charge in [0.05, 0.1) is 37.4 Å². The molecule has 8 heteroatoms. The van der Waals surface area contributed by atoms with Crippen molar-refractivity contribution in [1.82, 2.24) is 0 Å². The minimum Gasteiger partial charge on any atom is -0.493 e. The lowest BCUT2D eigenvalue weighted by molar-refractivity contribution is -0.386. The Labute approximate surface area is 121 Å². The van der Waals surface area contributed by atoms with Crippen molar-refractivity contribution < 1.29 is 28.6 Å². The molecule has 1 aromatic rings. The summed E-state index contributed by atoms with van der Waals surface area (Å²) in [5, 5.41) is 11.2. The molecule has 0 saturated carbocycles. The fraction of sp³-hybridized carbons (Fsp3) is 0.538. The van der Waals surface area contributed by atoms with Crippen LogP contribution >= 0.6 is 0 Å². The molecule has 0 aliphatic carbocycles. The van der Waals surface area contributed by atoms with Gasteiger partial charge in [-0.25, -0.2) is 0 Å². The molecule has 1 unspecified atom stereocenters. The van der Waals surface area contributed by atoms with E-state index in [9.17, 15) is 10.1 Å². The minimum atomic E-state index is -0.551. The van der Waals surface area contributed by atoms with Gasteiger partial charge in [-0.2, -0.15) is 0 Å². The largest absolute Gasteiger partial charge is 0.493 e. The average molecular weight is 299 g/mol. The van der Waals surface area contributed by atoms with Crippen molar-refractivity contribution >= 4 is 5.69 Å². The van der Waals surface area contributed by atoms with E-state index < -0.39 is 4.92 Å². The number of epoxide rings is 1. The van der Waals surface area contributed by atoms with E-state index in [4.69, 9.17) is 23.7 Å². The number of ether oxygens (including phenoxy) is 5. The van der Waals surface area contributed by atoms with Gasteiger partial charge in [-0.05, 0) is 0 Å². The van der Waals surface area contributed by atoms with E-state index in [1.807, 2.05) is 0 Å². The average Bonchev–Trinajstić information content (AvgIpc) is 3.29. The molecule has 21 heavy (non-hydrogen) atoms. The summed E-state index contributed by atoms with van der Waals surface area (Å²) in [4.78, 5) is 10.6. The first-order valence-electron chi connectivity index (χ1n) is 6.38. The lowest BCUT2D eigenvalue weighted by Crippen LogP contribution is -2.06. The van der Waals surface area contributed by atoms with Crippen LogP contribution in [0.15, 0.2) is 12.1 Å². The van der Waals surface area contributed by atoms with Crippen molar-refractivity contribution in [2.45, 2.75) is 12.5 Å². The molecule has 1 aliphatic heterocycles. The number of methoxy groups -OCH3 is 2. The van der Waals surface area contributed by atoms with Gasteiger partial charge >= 0.3 is 5.69 Å². The molecule has 8 nitrogen and oxygen atoms in total. The van der Waals surface area contributed by atoms with Crippen LogP contribution in [0.25, 0.3) is 0 Å². The van der Waals surface area contributed by atoms with Crippen molar-refractivity contribution in [3.8, 4) is 17.2 Å². The molecule has 116 valence electrons. The quantitative estimate of drug-likeness (QED) is 0.297. The standard InChI is InChI=1S/C13H17NO7/c1-17-8-21-13-11(14(15)16)5-10(6-12(13)18-2)19-4-3-9-7-20-9/h5-6,9H,3-4,7-8H2,1-2H3. The number of nitrogens with zero attached hydrogens (tertiary/aromatic N) is 1. The Kier molecular flexibility index (Phi) is 5.18. The van der Waals surface area contributed by atoms with E-state index in [0.717, 1.165) is 13.0 Å². The molecule has 0 amide bonds. The van der Waals surface area contributed by atoms with E-state index in [1.165, 1.54) is 20.3 Å². The molecule has 1 atom stereocenters. The number of hydrogen-bond acceptors (Lipinski definition) is 7. The van der Waals surface area contributed by atoms with E-state index in [1.54, 1.807) is 6.07 Å². The summed E-state index contributed by atoms with van der Waals surface area (Å²) >= 11 is 0. The smallest absolute Gasteiger partial charge is 0.318 e. The minimum absolute atomic E-state index is 0.0160. The molecular formula is C13H17NO7. The van der Waals surface area contributed by atoms with Gasteiger partial charge in [-0.1, -0.05) is 0 Å². The lowest BCUT2D eigenvalue weighted by Gasteiger charge is -2.12. The molecule has 1 heterocycles. The second kappa shape index (κ2) is 7.09. The van der Waals surface area contributed by atoms with Gasteiger partial charge in [0.1, 0.15) is 5.75 Å². The highest BCUT2D eigenvalue weighted by Crippen LogP contribution is 2.40. The molecule has 1 saturated heterocycles. The maximum absolute atomic E-state index is 11.2. The Hall–Kier alpha value is -2.06. The fourth-order valence-corrected chi connectivity index (χ4v) is 1.74. The second-order valence-electron chi connectivity index (χ2n) is 4.37. The Bertz CT molecular complexity index is 502. The third-order valence-corrected chi connectivity index (χ3v) is 2.86. The summed E-state index contributed by atoms with van der Waals surface area (Å²) in [5.74, 6) is 0.588. The van der Waals surface area contributed by atoms with Crippen molar-refractivity contribution in [3.05, 3.63) is 22.2 Å². The number of hydrogen-bond donors (Lipinski definition) is 0. The number of benzene rings is 1. The van der Waals surface area contributed by atoms with Crippen LogP contribution in [0.5, 0.6) is 17.2 Å². The van der Waals surface area contributed by atoms with Gasteiger partial charge < -0.3 is 23.7 Å². The van der Waals surface area contributed by atoms with Gasteiger partial charge in [0.15, 0.2) is 12.5 Å². The molecule has 0 aromatic heterocycles. The Balaban J connectivity index is 2.17.